The van der Waals surface area contributed by atoms with Gasteiger partial charge in [0.1, 0.15) is 12.4 Å². The van der Waals surface area contributed by atoms with Crippen molar-refractivity contribution in [3.05, 3.63) is 18.7 Å². The molecule has 0 saturated heterocycles. The topological polar surface area (TPSA) is 8.81 Å². The van der Waals surface area contributed by atoms with Crippen molar-refractivity contribution in [3.63, 3.8) is 0 Å². The number of nitrogens with zero attached hydrogens (tertiary/aromatic N) is 2. The molecule has 0 aliphatic rings. The number of hydrogen-bond acceptors (Lipinski definition) is 1. The van der Waals surface area contributed by atoms with Crippen LogP contribution in [0.4, 0.5) is 0 Å². The molecular weight excluding hydrogens is 224 g/mol. The Labute approximate surface area is 83.4 Å². The summed E-state index contributed by atoms with van der Waals surface area (Å²) in [5.41, 5.74) is 0. The average Bonchev–Trinajstić information content (AvgIpc) is 2.37. The highest BCUT2D eigenvalue weighted by Crippen LogP contribution is 1.83. The summed E-state index contributed by atoms with van der Waals surface area (Å²) in [5, 5.41) is 0. The third-order valence-corrected chi connectivity index (χ3v) is 1.67. The maximum absolute atomic E-state index is 4.14. The Bertz CT molecular complexity index is 200. The molecule has 0 spiro atoms. The number of rotatable bonds is 3. The molecule has 0 aliphatic heterocycles. The van der Waals surface area contributed by atoms with Crippen molar-refractivity contribution in [2.24, 2.45) is 0 Å². The van der Waals surface area contributed by atoms with Gasteiger partial charge in [0.25, 0.3) is 0 Å². The van der Waals surface area contributed by atoms with Gasteiger partial charge in [0.2, 0.25) is 6.33 Å². The van der Waals surface area contributed by atoms with Gasteiger partial charge in [-0.25, -0.2) is 9.13 Å². The van der Waals surface area contributed by atoms with Crippen LogP contribution in [0.5, 0.6) is 0 Å². The third-order valence-electron chi connectivity index (χ3n) is 1.47. The fourth-order valence-corrected chi connectivity index (χ4v) is 1.10. The first-order chi connectivity index (χ1) is 4.86. The Balaban J connectivity index is 0.000001000. The van der Waals surface area contributed by atoms with Gasteiger partial charge in [0, 0.05) is 5.75 Å². The lowest BCUT2D eigenvalue weighted by molar-refractivity contribution is -0.691. The van der Waals surface area contributed by atoms with E-state index in [1.54, 1.807) is 0 Å². The standard InChI is InChI=1S/C7H12N2S.BrH/c1-2-8-3-4-9(7-8)5-6-10;/h3-4,7H,2,5-6H2,1H3;1H. The molecular formula is C7H13BrN2S. The van der Waals surface area contributed by atoms with Crippen LogP contribution in [-0.2, 0) is 13.1 Å². The molecule has 0 bridgehead atoms. The van der Waals surface area contributed by atoms with Crippen molar-refractivity contribution < 1.29 is 21.5 Å². The van der Waals surface area contributed by atoms with E-state index in [0.29, 0.717) is 0 Å². The van der Waals surface area contributed by atoms with Crippen LogP contribution in [0.15, 0.2) is 18.7 Å². The van der Waals surface area contributed by atoms with Crippen LogP contribution in [-0.4, -0.2) is 10.3 Å². The third kappa shape index (κ3) is 3.29. The molecule has 0 saturated carbocycles. The average molecular weight is 237 g/mol. The van der Waals surface area contributed by atoms with Crippen molar-refractivity contribution >= 4 is 12.6 Å². The van der Waals surface area contributed by atoms with E-state index >= 15 is 0 Å². The first-order valence-electron chi connectivity index (χ1n) is 3.52. The van der Waals surface area contributed by atoms with E-state index in [4.69, 9.17) is 0 Å². The van der Waals surface area contributed by atoms with Crippen LogP contribution in [0.3, 0.4) is 0 Å². The summed E-state index contributed by atoms with van der Waals surface area (Å²) >= 11 is 4.14. The summed E-state index contributed by atoms with van der Waals surface area (Å²) in [6, 6.07) is 0. The first-order valence-corrected chi connectivity index (χ1v) is 4.15. The van der Waals surface area contributed by atoms with Crippen LogP contribution in [0.25, 0.3) is 0 Å². The molecule has 2 nitrogen and oxygen atoms in total. The fraction of sp³-hybridized carbons (Fsp3) is 0.571. The zero-order valence-corrected chi connectivity index (χ0v) is 9.05. The van der Waals surface area contributed by atoms with E-state index in [9.17, 15) is 0 Å². The highest BCUT2D eigenvalue weighted by Gasteiger charge is 1.98. The van der Waals surface area contributed by atoms with Gasteiger partial charge < -0.3 is 17.0 Å². The van der Waals surface area contributed by atoms with Crippen molar-refractivity contribution in [1.29, 1.82) is 0 Å². The second-order valence-corrected chi connectivity index (χ2v) is 2.65. The fourth-order valence-electron chi connectivity index (χ4n) is 0.874. The van der Waals surface area contributed by atoms with Crippen molar-refractivity contribution in [2.75, 3.05) is 5.75 Å². The SMILES string of the molecule is CCn1cc[n+](CCS)c1.[Br-]. The van der Waals surface area contributed by atoms with Gasteiger partial charge in [-0.15, -0.1) is 0 Å². The molecule has 1 rings (SSSR count). The van der Waals surface area contributed by atoms with Gasteiger partial charge in [-0.3, -0.25) is 0 Å². The molecule has 4 heteroatoms. The number of aromatic nitrogens is 2. The molecule has 0 unspecified atom stereocenters. The van der Waals surface area contributed by atoms with E-state index in [1.165, 1.54) is 0 Å². The molecule has 64 valence electrons. The van der Waals surface area contributed by atoms with Gasteiger partial charge in [-0.2, -0.15) is 12.6 Å². The van der Waals surface area contributed by atoms with Gasteiger partial charge in [0.05, 0.1) is 13.1 Å². The maximum Gasteiger partial charge on any atom is 0.243 e. The molecule has 1 heterocycles. The lowest BCUT2D eigenvalue weighted by Gasteiger charge is -1.88. The molecule has 11 heavy (non-hydrogen) atoms. The lowest BCUT2D eigenvalue weighted by Crippen LogP contribution is -3.00. The second-order valence-electron chi connectivity index (χ2n) is 2.21. The quantitative estimate of drug-likeness (QED) is 0.448. The number of hydrogen-bond donors (Lipinski definition) is 1. The summed E-state index contributed by atoms with van der Waals surface area (Å²) in [6.07, 6.45) is 6.24. The predicted octanol–water partition coefficient (Wildman–Crippen LogP) is -2.27. The molecule has 1 aromatic rings. The summed E-state index contributed by atoms with van der Waals surface area (Å²) < 4.78 is 4.28. The predicted molar refractivity (Wildman–Crippen MR) is 44.2 cm³/mol. The molecule has 0 aromatic carbocycles. The van der Waals surface area contributed by atoms with Gasteiger partial charge in [0.15, 0.2) is 0 Å². The second kappa shape index (κ2) is 5.66. The lowest BCUT2D eigenvalue weighted by atomic mass is 10.7. The number of aryl methyl sites for hydroxylation is 2. The number of thiol groups is 1. The summed E-state index contributed by atoms with van der Waals surface area (Å²) in [6.45, 7) is 4.17. The van der Waals surface area contributed by atoms with Crippen LogP contribution < -0.4 is 21.5 Å². The zero-order chi connectivity index (χ0) is 7.40. The first kappa shape index (κ1) is 11.0. The summed E-state index contributed by atoms with van der Waals surface area (Å²) in [4.78, 5) is 0. The number of halogens is 1. The minimum atomic E-state index is 0. The summed E-state index contributed by atoms with van der Waals surface area (Å²) in [7, 11) is 0. The van der Waals surface area contributed by atoms with Crippen molar-refractivity contribution in [3.8, 4) is 0 Å². The van der Waals surface area contributed by atoms with Crippen molar-refractivity contribution in [1.82, 2.24) is 4.57 Å². The van der Waals surface area contributed by atoms with E-state index in [2.05, 4.69) is 47.4 Å². The largest absolute Gasteiger partial charge is 1.00 e. The molecule has 1 aromatic heterocycles. The Morgan fingerprint density at radius 3 is 2.73 bits per heavy atom. The van der Waals surface area contributed by atoms with Crippen LogP contribution in [0.2, 0.25) is 0 Å². The normalized spacial score (nSPS) is 9.27. The highest BCUT2D eigenvalue weighted by atomic mass is 79.9. The molecule has 0 amide bonds. The van der Waals surface area contributed by atoms with Crippen LogP contribution in [0, 0.1) is 0 Å². The molecule has 0 N–H and O–H groups in total. The maximum atomic E-state index is 4.14. The highest BCUT2D eigenvalue weighted by molar-refractivity contribution is 7.80. The molecule has 0 radical (unpaired) electrons. The molecule has 0 fully saturated rings. The van der Waals surface area contributed by atoms with E-state index in [1.807, 2.05) is 0 Å². The smallest absolute Gasteiger partial charge is 0.243 e. The minimum absolute atomic E-state index is 0. The zero-order valence-electron chi connectivity index (χ0n) is 6.57. The van der Waals surface area contributed by atoms with Gasteiger partial charge in [-0.05, 0) is 6.92 Å². The van der Waals surface area contributed by atoms with Gasteiger partial charge >= 0.3 is 0 Å². The monoisotopic (exact) mass is 236 g/mol. The van der Waals surface area contributed by atoms with Crippen LogP contribution >= 0.6 is 12.6 Å². The molecule has 0 atom stereocenters. The van der Waals surface area contributed by atoms with Crippen molar-refractivity contribution in [2.45, 2.75) is 20.0 Å². The summed E-state index contributed by atoms with van der Waals surface area (Å²) in [5.74, 6) is 0.901. The Kier molecular flexibility index (Phi) is 5.68. The number of imidazole rings is 1. The van der Waals surface area contributed by atoms with Crippen LogP contribution in [0.1, 0.15) is 6.92 Å². The van der Waals surface area contributed by atoms with Gasteiger partial charge in [-0.1, -0.05) is 0 Å². The Hall–Kier alpha value is 0.0400. The molecule has 0 aliphatic carbocycles. The van der Waals surface area contributed by atoms with E-state index < -0.39 is 0 Å². The minimum Gasteiger partial charge on any atom is -1.00 e. The Morgan fingerprint density at radius 2 is 2.27 bits per heavy atom. The van der Waals surface area contributed by atoms with E-state index in [0.717, 1.165) is 18.8 Å². The Morgan fingerprint density at radius 1 is 1.55 bits per heavy atom. The van der Waals surface area contributed by atoms with E-state index in [-0.39, 0.29) is 17.0 Å².